The second-order valence-electron chi connectivity index (χ2n) is 3.94. The van der Waals surface area contributed by atoms with E-state index in [4.69, 9.17) is 0 Å². The Bertz CT molecular complexity index is 472. The van der Waals surface area contributed by atoms with Gasteiger partial charge in [-0.25, -0.2) is 0 Å². The van der Waals surface area contributed by atoms with Gasteiger partial charge in [0.15, 0.2) is 0 Å². The van der Waals surface area contributed by atoms with E-state index in [1.807, 2.05) is 6.08 Å². The third kappa shape index (κ3) is 3.06. The molecule has 1 amide bonds. The van der Waals surface area contributed by atoms with Crippen LogP contribution < -0.4 is 10.1 Å². The molecule has 1 N–H and O–H groups in total. The summed E-state index contributed by atoms with van der Waals surface area (Å²) in [5.74, 6) is -0.0523. The Labute approximate surface area is 103 Å². The quantitative estimate of drug-likeness (QED) is 0.876. The largest absolute Gasteiger partial charge is 0.434 e. The van der Waals surface area contributed by atoms with Crippen molar-refractivity contribution in [2.24, 2.45) is 0 Å². The van der Waals surface area contributed by atoms with Gasteiger partial charge in [0.2, 0.25) is 5.91 Å². The van der Waals surface area contributed by atoms with Crippen molar-refractivity contribution in [1.82, 2.24) is 5.32 Å². The predicted molar refractivity (Wildman–Crippen MR) is 62.2 cm³/mol. The molecule has 0 radical (unpaired) electrons. The SMILES string of the molecule is O=C(NCc1ccccc1OC(F)F)C1=CCC1. The highest BCUT2D eigenvalue weighted by molar-refractivity contribution is 5.94. The summed E-state index contributed by atoms with van der Waals surface area (Å²) in [6.45, 7) is -2.69. The van der Waals surface area contributed by atoms with Crippen LogP contribution >= 0.6 is 0 Å². The van der Waals surface area contributed by atoms with Gasteiger partial charge in [0.05, 0.1) is 0 Å². The minimum absolute atomic E-state index is 0.0930. The standard InChI is InChI=1S/C13H13F2NO2/c14-13(15)18-11-7-2-1-4-10(11)8-16-12(17)9-5-3-6-9/h1-2,4-5,7,13H,3,6,8H2,(H,16,17). The van der Waals surface area contributed by atoms with Crippen molar-refractivity contribution in [2.45, 2.75) is 26.0 Å². The number of ether oxygens (including phenoxy) is 1. The summed E-state index contributed by atoms with van der Waals surface area (Å²) in [5.41, 5.74) is 1.29. The fraction of sp³-hybridized carbons (Fsp3) is 0.308. The lowest BCUT2D eigenvalue weighted by Gasteiger charge is -2.15. The fourth-order valence-electron chi connectivity index (χ4n) is 1.64. The Morgan fingerprint density at radius 2 is 2.11 bits per heavy atom. The molecular weight excluding hydrogens is 240 g/mol. The van der Waals surface area contributed by atoms with Crippen LogP contribution in [0, 0.1) is 0 Å². The van der Waals surface area contributed by atoms with Crippen LogP contribution in [0.3, 0.4) is 0 Å². The topological polar surface area (TPSA) is 38.3 Å². The molecule has 0 unspecified atom stereocenters. The monoisotopic (exact) mass is 253 g/mol. The van der Waals surface area contributed by atoms with E-state index < -0.39 is 6.61 Å². The number of alkyl halides is 2. The highest BCUT2D eigenvalue weighted by Crippen LogP contribution is 2.21. The number of amides is 1. The molecule has 0 heterocycles. The van der Waals surface area contributed by atoms with Crippen molar-refractivity contribution in [2.75, 3.05) is 0 Å². The van der Waals surface area contributed by atoms with Crippen LogP contribution in [0.25, 0.3) is 0 Å². The summed E-state index contributed by atoms with van der Waals surface area (Å²) < 4.78 is 28.7. The van der Waals surface area contributed by atoms with Crippen molar-refractivity contribution in [3.05, 3.63) is 41.5 Å². The lowest BCUT2D eigenvalue weighted by molar-refractivity contribution is -0.118. The van der Waals surface area contributed by atoms with Crippen LogP contribution in [-0.4, -0.2) is 12.5 Å². The van der Waals surface area contributed by atoms with E-state index in [0.29, 0.717) is 5.56 Å². The Morgan fingerprint density at radius 1 is 1.39 bits per heavy atom. The van der Waals surface area contributed by atoms with E-state index >= 15 is 0 Å². The van der Waals surface area contributed by atoms with Gasteiger partial charge in [0, 0.05) is 17.7 Å². The van der Waals surface area contributed by atoms with Crippen molar-refractivity contribution in [1.29, 1.82) is 0 Å². The fourth-order valence-corrected chi connectivity index (χ4v) is 1.64. The second-order valence-corrected chi connectivity index (χ2v) is 3.94. The number of hydrogen-bond acceptors (Lipinski definition) is 2. The molecule has 0 bridgehead atoms. The van der Waals surface area contributed by atoms with Crippen LogP contribution in [0.5, 0.6) is 5.75 Å². The second kappa shape index (κ2) is 5.62. The van der Waals surface area contributed by atoms with E-state index in [1.54, 1.807) is 18.2 Å². The maximum absolute atomic E-state index is 12.2. The molecule has 1 aromatic rings. The average Bonchev–Trinajstić information content (AvgIpc) is 2.25. The Kier molecular flexibility index (Phi) is 3.92. The van der Waals surface area contributed by atoms with Gasteiger partial charge in [0.1, 0.15) is 5.75 Å². The first-order chi connectivity index (χ1) is 8.66. The first kappa shape index (κ1) is 12.5. The first-order valence-corrected chi connectivity index (χ1v) is 5.67. The Balaban J connectivity index is 1.97. The van der Waals surface area contributed by atoms with Gasteiger partial charge in [-0.05, 0) is 18.9 Å². The van der Waals surface area contributed by atoms with Crippen LogP contribution in [-0.2, 0) is 11.3 Å². The van der Waals surface area contributed by atoms with E-state index in [9.17, 15) is 13.6 Å². The molecule has 2 rings (SSSR count). The lowest BCUT2D eigenvalue weighted by atomic mass is 9.98. The third-order valence-corrected chi connectivity index (χ3v) is 2.72. The minimum atomic E-state index is -2.86. The Morgan fingerprint density at radius 3 is 2.72 bits per heavy atom. The first-order valence-electron chi connectivity index (χ1n) is 5.67. The predicted octanol–water partition coefficient (Wildman–Crippen LogP) is 2.62. The summed E-state index contributed by atoms with van der Waals surface area (Å²) >= 11 is 0. The number of rotatable bonds is 5. The van der Waals surface area contributed by atoms with Crippen molar-refractivity contribution < 1.29 is 18.3 Å². The molecule has 0 fully saturated rings. The van der Waals surface area contributed by atoms with Crippen LogP contribution in [0.15, 0.2) is 35.9 Å². The summed E-state index contributed by atoms with van der Waals surface area (Å²) in [7, 11) is 0. The molecule has 0 atom stereocenters. The number of benzene rings is 1. The van der Waals surface area contributed by atoms with Gasteiger partial charge in [-0.3, -0.25) is 4.79 Å². The number of carbonyl (C=O) groups is 1. The molecule has 96 valence electrons. The smallest absolute Gasteiger partial charge is 0.387 e. The maximum atomic E-state index is 12.2. The molecule has 0 spiro atoms. The summed E-state index contributed by atoms with van der Waals surface area (Å²) in [6.07, 6.45) is 3.56. The molecule has 1 aliphatic carbocycles. The van der Waals surface area contributed by atoms with Gasteiger partial charge >= 0.3 is 6.61 Å². The van der Waals surface area contributed by atoms with Gasteiger partial charge in [0.25, 0.3) is 0 Å². The molecule has 18 heavy (non-hydrogen) atoms. The number of hydrogen-bond donors (Lipinski definition) is 1. The zero-order valence-corrected chi connectivity index (χ0v) is 9.66. The maximum Gasteiger partial charge on any atom is 0.387 e. The van der Waals surface area contributed by atoms with E-state index in [1.165, 1.54) is 6.07 Å². The van der Waals surface area contributed by atoms with Crippen molar-refractivity contribution >= 4 is 5.91 Å². The highest BCUT2D eigenvalue weighted by atomic mass is 19.3. The average molecular weight is 253 g/mol. The summed E-state index contributed by atoms with van der Waals surface area (Å²) in [4.78, 5) is 11.6. The third-order valence-electron chi connectivity index (χ3n) is 2.72. The molecule has 0 saturated heterocycles. The number of halogens is 2. The summed E-state index contributed by atoms with van der Waals surface area (Å²) in [6, 6.07) is 6.42. The molecule has 3 nitrogen and oxygen atoms in total. The normalized spacial score (nSPS) is 13.8. The van der Waals surface area contributed by atoms with Gasteiger partial charge in [-0.15, -0.1) is 0 Å². The van der Waals surface area contributed by atoms with E-state index in [2.05, 4.69) is 10.1 Å². The lowest BCUT2D eigenvalue weighted by Crippen LogP contribution is -2.26. The molecule has 1 aliphatic rings. The van der Waals surface area contributed by atoms with Crippen molar-refractivity contribution in [3.8, 4) is 5.75 Å². The van der Waals surface area contributed by atoms with Gasteiger partial charge < -0.3 is 10.1 Å². The molecule has 0 aliphatic heterocycles. The van der Waals surface area contributed by atoms with E-state index in [-0.39, 0.29) is 18.2 Å². The zero-order chi connectivity index (χ0) is 13.0. The number of carbonyl (C=O) groups excluding carboxylic acids is 1. The molecule has 1 aromatic carbocycles. The molecule has 0 aromatic heterocycles. The summed E-state index contributed by atoms with van der Waals surface area (Å²) in [5, 5.41) is 2.68. The minimum Gasteiger partial charge on any atom is -0.434 e. The van der Waals surface area contributed by atoms with Gasteiger partial charge in [-0.2, -0.15) is 8.78 Å². The molecule has 5 heteroatoms. The molecular formula is C13H13F2NO2. The number of allylic oxidation sites excluding steroid dienone is 1. The van der Waals surface area contributed by atoms with Crippen molar-refractivity contribution in [3.63, 3.8) is 0 Å². The number of para-hydroxylation sites is 1. The van der Waals surface area contributed by atoms with E-state index in [0.717, 1.165) is 18.4 Å². The Hall–Kier alpha value is -1.91. The van der Waals surface area contributed by atoms with Gasteiger partial charge in [-0.1, -0.05) is 24.3 Å². The van der Waals surface area contributed by atoms with Crippen LogP contribution in [0.4, 0.5) is 8.78 Å². The highest BCUT2D eigenvalue weighted by Gasteiger charge is 2.15. The van der Waals surface area contributed by atoms with Crippen LogP contribution in [0.1, 0.15) is 18.4 Å². The number of nitrogens with one attached hydrogen (secondary N) is 1. The molecule has 0 saturated carbocycles. The van der Waals surface area contributed by atoms with Crippen LogP contribution in [0.2, 0.25) is 0 Å². The zero-order valence-electron chi connectivity index (χ0n) is 9.66.